The Morgan fingerprint density at radius 1 is 1.10 bits per heavy atom. The topological polar surface area (TPSA) is 26.0 Å². The molecule has 0 aromatic heterocycles. The third-order valence-corrected chi connectivity index (χ3v) is 4.82. The first-order valence-corrected chi connectivity index (χ1v) is 7.02. The zero-order valence-corrected chi connectivity index (χ0v) is 11.0. The van der Waals surface area contributed by atoms with E-state index >= 15 is 0 Å². The second-order valence-corrected chi connectivity index (χ2v) is 5.95. The Balaban J connectivity index is 1.79. The predicted octanol–water partition coefficient (Wildman–Crippen LogP) is 4.28. The van der Waals surface area contributed by atoms with Crippen molar-refractivity contribution in [3.05, 3.63) is 35.1 Å². The zero-order chi connectivity index (χ0) is 14.5. The summed E-state index contributed by atoms with van der Waals surface area (Å²) in [5.41, 5.74) is 5.40. The van der Waals surface area contributed by atoms with Gasteiger partial charge in [0.1, 0.15) is 5.82 Å². The highest BCUT2D eigenvalue weighted by Gasteiger charge is 2.53. The smallest absolute Gasteiger partial charge is 0.324 e. The fourth-order valence-electron chi connectivity index (χ4n) is 3.77. The normalized spacial score (nSPS) is 30.8. The number of fused-ring (bicyclic) bond motifs is 1. The van der Waals surface area contributed by atoms with Crippen LogP contribution < -0.4 is 5.73 Å². The molecule has 3 unspecified atom stereocenters. The highest BCUT2D eigenvalue weighted by Crippen LogP contribution is 2.59. The molecule has 5 heteroatoms. The average molecular weight is 287 g/mol. The average Bonchev–Trinajstić information content (AvgIpc) is 3.10. The Hall–Kier alpha value is -1.10. The summed E-state index contributed by atoms with van der Waals surface area (Å²) >= 11 is 0. The van der Waals surface area contributed by atoms with Gasteiger partial charge in [0, 0.05) is 6.04 Å². The quantitative estimate of drug-likeness (QED) is 0.807. The fourth-order valence-corrected chi connectivity index (χ4v) is 3.77. The molecular formula is C15H17F4N. The molecule has 110 valence electrons. The molecule has 2 fully saturated rings. The van der Waals surface area contributed by atoms with Gasteiger partial charge in [-0.25, -0.2) is 4.39 Å². The van der Waals surface area contributed by atoms with Crippen molar-refractivity contribution in [2.24, 2.45) is 23.5 Å². The van der Waals surface area contributed by atoms with E-state index in [1.165, 1.54) is 18.9 Å². The molecule has 1 nitrogen and oxygen atoms in total. The Bertz CT molecular complexity index is 499. The van der Waals surface area contributed by atoms with Crippen LogP contribution in [0.5, 0.6) is 0 Å². The van der Waals surface area contributed by atoms with Gasteiger partial charge in [-0.15, -0.1) is 0 Å². The molecule has 0 aliphatic heterocycles. The highest BCUT2D eigenvalue weighted by atomic mass is 19.4. The van der Waals surface area contributed by atoms with Crippen LogP contribution in [0.2, 0.25) is 0 Å². The molecule has 3 rings (SSSR count). The Morgan fingerprint density at radius 3 is 2.20 bits per heavy atom. The van der Waals surface area contributed by atoms with Gasteiger partial charge < -0.3 is 5.73 Å². The summed E-state index contributed by atoms with van der Waals surface area (Å²) in [6, 6.07) is 2.73. The summed E-state index contributed by atoms with van der Waals surface area (Å²) in [6.45, 7) is 0. The van der Waals surface area contributed by atoms with Gasteiger partial charge in [-0.2, -0.15) is 13.2 Å². The minimum atomic E-state index is -4.65. The van der Waals surface area contributed by atoms with Crippen molar-refractivity contribution in [3.8, 4) is 0 Å². The molecule has 20 heavy (non-hydrogen) atoms. The second-order valence-electron chi connectivity index (χ2n) is 5.95. The number of alkyl halides is 3. The van der Waals surface area contributed by atoms with Crippen LogP contribution in [0.3, 0.4) is 0 Å². The number of hydrogen-bond donors (Lipinski definition) is 1. The van der Waals surface area contributed by atoms with Crippen molar-refractivity contribution >= 4 is 0 Å². The summed E-state index contributed by atoms with van der Waals surface area (Å²) in [5.74, 6) is 0.260. The number of benzene rings is 1. The van der Waals surface area contributed by atoms with Crippen LogP contribution in [-0.4, -0.2) is 0 Å². The molecule has 0 bridgehead atoms. The van der Waals surface area contributed by atoms with Crippen molar-refractivity contribution in [1.29, 1.82) is 0 Å². The van der Waals surface area contributed by atoms with Gasteiger partial charge in [-0.05, 0) is 48.3 Å². The van der Waals surface area contributed by atoms with Crippen molar-refractivity contribution in [1.82, 2.24) is 0 Å². The van der Waals surface area contributed by atoms with Crippen LogP contribution >= 0.6 is 0 Å². The highest BCUT2D eigenvalue weighted by molar-refractivity contribution is 5.30. The molecular weight excluding hydrogens is 270 g/mol. The largest absolute Gasteiger partial charge is 0.419 e. The maximum Gasteiger partial charge on any atom is 0.419 e. The van der Waals surface area contributed by atoms with E-state index in [1.807, 2.05) is 0 Å². The number of halogens is 4. The van der Waals surface area contributed by atoms with E-state index in [1.54, 1.807) is 0 Å². The Morgan fingerprint density at radius 2 is 1.70 bits per heavy atom. The lowest BCUT2D eigenvalue weighted by atomic mass is 9.99. The van der Waals surface area contributed by atoms with Crippen molar-refractivity contribution in [3.63, 3.8) is 0 Å². The van der Waals surface area contributed by atoms with Gasteiger partial charge in [-0.1, -0.05) is 18.9 Å². The molecule has 2 saturated carbocycles. The molecule has 3 atom stereocenters. The summed E-state index contributed by atoms with van der Waals surface area (Å²) in [5, 5.41) is 0. The summed E-state index contributed by atoms with van der Waals surface area (Å²) < 4.78 is 51.2. The molecule has 0 amide bonds. The Kier molecular flexibility index (Phi) is 3.27. The molecule has 2 aliphatic rings. The lowest BCUT2D eigenvalue weighted by Gasteiger charge is -2.14. The maximum atomic E-state index is 13.6. The SMILES string of the molecule is NC(c1ccc(C(F)(F)F)c(F)c1)C1C2CCCCC21. The lowest BCUT2D eigenvalue weighted by Crippen LogP contribution is -2.16. The molecule has 1 aromatic carbocycles. The van der Waals surface area contributed by atoms with Gasteiger partial charge in [0.05, 0.1) is 5.56 Å². The third kappa shape index (κ3) is 2.32. The van der Waals surface area contributed by atoms with Crippen LogP contribution in [0.4, 0.5) is 17.6 Å². The van der Waals surface area contributed by atoms with Gasteiger partial charge in [-0.3, -0.25) is 0 Å². The van der Waals surface area contributed by atoms with Gasteiger partial charge in [0.25, 0.3) is 0 Å². The Labute approximate surface area is 115 Å². The first-order chi connectivity index (χ1) is 9.39. The van der Waals surface area contributed by atoms with Gasteiger partial charge >= 0.3 is 6.18 Å². The minimum Gasteiger partial charge on any atom is -0.324 e. The van der Waals surface area contributed by atoms with E-state index in [-0.39, 0.29) is 6.04 Å². The first kappa shape index (κ1) is 13.9. The summed E-state index contributed by atoms with van der Waals surface area (Å²) in [4.78, 5) is 0. The van der Waals surface area contributed by atoms with E-state index in [0.29, 0.717) is 23.3 Å². The van der Waals surface area contributed by atoms with Crippen molar-refractivity contribution < 1.29 is 17.6 Å². The van der Waals surface area contributed by atoms with Crippen LogP contribution in [0, 0.1) is 23.6 Å². The summed E-state index contributed by atoms with van der Waals surface area (Å²) in [7, 11) is 0. The van der Waals surface area contributed by atoms with Crippen LogP contribution in [0.1, 0.15) is 42.9 Å². The first-order valence-electron chi connectivity index (χ1n) is 7.02. The lowest BCUT2D eigenvalue weighted by molar-refractivity contribution is -0.140. The zero-order valence-electron chi connectivity index (χ0n) is 11.0. The van der Waals surface area contributed by atoms with Crippen LogP contribution in [-0.2, 0) is 6.18 Å². The monoisotopic (exact) mass is 287 g/mol. The van der Waals surface area contributed by atoms with Crippen molar-refractivity contribution in [2.75, 3.05) is 0 Å². The van der Waals surface area contributed by atoms with Crippen LogP contribution in [0.15, 0.2) is 18.2 Å². The van der Waals surface area contributed by atoms with Gasteiger partial charge in [0.2, 0.25) is 0 Å². The molecule has 2 N–H and O–H groups in total. The molecule has 0 saturated heterocycles. The van der Waals surface area contributed by atoms with Crippen LogP contribution in [0.25, 0.3) is 0 Å². The molecule has 0 spiro atoms. The molecule has 0 heterocycles. The van der Waals surface area contributed by atoms with E-state index < -0.39 is 17.6 Å². The molecule has 2 aliphatic carbocycles. The fraction of sp³-hybridized carbons (Fsp3) is 0.600. The van der Waals surface area contributed by atoms with E-state index in [4.69, 9.17) is 5.73 Å². The standard InChI is InChI=1S/C15H17F4N/c16-12-7-8(5-6-11(12)15(17,18)19)14(20)13-9-3-1-2-4-10(9)13/h5-7,9-10,13-14H,1-4,20H2. The van der Waals surface area contributed by atoms with E-state index in [9.17, 15) is 17.6 Å². The van der Waals surface area contributed by atoms with Crippen molar-refractivity contribution in [2.45, 2.75) is 37.9 Å². The van der Waals surface area contributed by atoms with E-state index in [0.717, 1.165) is 25.0 Å². The minimum absolute atomic E-state index is 0.314. The second kappa shape index (κ2) is 4.72. The number of nitrogens with two attached hydrogens (primary N) is 1. The third-order valence-electron chi connectivity index (χ3n) is 4.82. The number of hydrogen-bond acceptors (Lipinski definition) is 1. The van der Waals surface area contributed by atoms with E-state index in [2.05, 4.69) is 0 Å². The summed E-state index contributed by atoms with van der Waals surface area (Å²) in [6.07, 6.45) is 0.0378. The molecule has 1 aromatic rings. The number of rotatable bonds is 2. The molecule has 0 radical (unpaired) electrons. The maximum absolute atomic E-state index is 13.6. The van der Waals surface area contributed by atoms with Gasteiger partial charge in [0.15, 0.2) is 0 Å². The predicted molar refractivity (Wildman–Crippen MR) is 67.3 cm³/mol.